The van der Waals surface area contributed by atoms with Gasteiger partial charge in [0.15, 0.2) is 0 Å². The number of hydrogen-bond donors (Lipinski definition) is 0. The Kier molecular flexibility index (Phi) is 6.43. The van der Waals surface area contributed by atoms with Gasteiger partial charge in [-0.15, -0.1) is 0 Å². The molecule has 1 amide bonds. The molecule has 174 valence electrons. The van der Waals surface area contributed by atoms with Crippen LogP contribution < -0.4 is 9.21 Å². The molecule has 0 atom stereocenters. The lowest BCUT2D eigenvalue weighted by atomic mass is 10.1. The molecule has 10 heteroatoms. The van der Waals surface area contributed by atoms with Crippen LogP contribution in [0.1, 0.15) is 22.3 Å². The van der Waals surface area contributed by atoms with Crippen molar-refractivity contribution in [3.05, 3.63) is 52.6 Å². The van der Waals surface area contributed by atoms with Crippen molar-refractivity contribution in [2.24, 2.45) is 0 Å². The summed E-state index contributed by atoms with van der Waals surface area (Å²) in [6.07, 6.45) is 1.59. The smallest absolute Gasteiger partial charge is 0.247 e. The van der Waals surface area contributed by atoms with Crippen molar-refractivity contribution < 1.29 is 21.6 Å². The first kappa shape index (κ1) is 24.2. The predicted molar refractivity (Wildman–Crippen MR) is 126 cm³/mol. The first-order valence-electron chi connectivity index (χ1n) is 10.1. The average molecular weight is 480 g/mol. The zero-order chi connectivity index (χ0) is 24.0. The topological polar surface area (TPSA) is 95.1 Å². The van der Waals surface area contributed by atoms with E-state index in [1.54, 1.807) is 12.1 Å². The van der Waals surface area contributed by atoms with Crippen molar-refractivity contribution >= 4 is 37.3 Å². The molecule has 3 rings (SSSR count). The molecule has 0 N–H and O–H groups in total. The molecule has 0 aliphatic carbocycles. The third-order valence-corrected chi connectivity index (χ3v) is 8.51. The lowest BCUT2D eigenvalue weighted by Gasteiger charge is -2.28. The van der Waals surface area contributed by atoms with Crippen molar-refractivity contribution in [2.75, 3.05) is 42.6 Å². The molecule has 1 aliphatic heterocycles. The minimum absolute atomic E-state index is 0.166. The van der Waals surface area contributed by atoms with E-state index in [0.717, 1.165) is 37.1 Å². The summed E-state index contributed by atoms with van der Waals surface area (Å²) in [6.45, 7) is 5.63. The minimum Gasteiger partial charge on any atom is -0.310 e. The van der Waals surface area contributed by atoms with Gasteiger partial charge in [-0.25, -0.2) is 21.1 Å². The van der Waals surface area contributed by atoms with Crippen molar-refractivity contribution in [1.29, 1.82) is 0 Å². The molecule has 2 aromatic rings. The predicted octanol–water partition coefficient (Wildman–Crippen LogP) is 2.22. The van der Waals surface area contributed by atoms with Crippen molar-refractivity contribution in [2.45, 2.75) is 32.1 Å². The number of benzene rings is 2. The Bertz CT molecular complexity index is 1260. The van der Waals surface area contributed by atoms with Gasteiger partial charge >= 0.3 is 0 Å². The van der Waals surface area contributed by atoms with E-state index in [9.17, 15) is 21.6 Å². The van der Waals surface area contributed by atoms with E-state index in [1.807, 2.05) is 32.9 Å². The van der Waals surface area contributed by atoms with E-state index < -0.39 is 20.0 Å². The summed E-state index contributed by atoms with van der Waals surface area (Å²) in [6, 6.07) is 8.46. The zero-order valence-corrected chi connectivity index (χ0v) is 20.8. The Morgan fingerprint density at radius 3 is 2.12 bits per heavy atom. The molecule has 0 unspecified atom stereocenters. The standard InChI is InChI=1S/C22H29N3O5S2/c1-15-11-16(2)22(17(3)12-15)25(31(6,27)28)14-21(26)24-10-9-18-13-19(7-8-20(18)24)32(29,30)23(4)5/h7-8,11-13H,9-10,14H2,1-6H3. The maximum absolute atomic E-state index is 13.2. The van der Waals surface area contributed by atoms with Gasteiger partial charge in [-0.2, -0.15) is 0 Å². The Balaban J connectivity index is 1.94. The third kappa shape index (κ3) is 4.53. The van der Waals surface area contributed by atoms with Gasteiger partial charge in [0.25, 0.3) is 0 Å². The van der Waals surface area contributed by atoms with Gasteiger partial charge < -0.3 is 4.90 Å². The first-order chi connectivity index (χ1) is 14.7. The van der Waals surface area contributed by atoms with Gasteiger partial charge in [0.1, 0.15) is 6.54 Å². The molecule has 0 saturated carbocycles. The van der Waals surface area contributed by atoms with Gasteiger partial charge in [-0.1, -0.05) is 17.7 Å². The highest BCUT2D eigenvalue weighted by Gasteiger charge is 2.31. The summed E-state index contributed by atoms with van der Waals surface area (Å²) in [5, 5.41) is 0. The number of rotatable bonds is 6. The molecule has 0 spiro atoms. The Labute approximate surface area is 190 Å². The lowest BCUT2D eigenvalue weighted by molar-refractivity contribution is -0.117. The van der Waals surface area contributed by atoms with Crippen LogP contribution in [0.5, 0.6) is 0 Å². The molecule has 0 aromatic heterocycles. The number of hydrogen-bond acceptors (Lipinski definition) is 5. The van der Waals surface area contributed by atoms with Crippen LogP contribution in [0.3, 0.4) is 0 Å². The number of fused-ring (bicyclic) bond motifs is 1. The van der Waals surface area contributed by atoms with Crippen LogP contribution in [0.4, 0.5) is 11.4 Å². The molecular formula is C22H29N3O5S2. The number of aryl methyl sites for hydroxylation is 3. The second kappa shape index (κ2) is 8.49. The molecule has 0 saturated heterocycles. The maximum atomic E-state index is 13.2. The van der Waals surface area contributed by atoms with Crippen molar-refractivity contribution in [1.82, 2.24) is 4.31 Å². The van der Waals surface area contributed by atoms with Crippen LogP contribution in [-0.4, -0.2) is 60.5 Å². The summed E-state index contributed by atoms with van der Waals surface area (Å²) < 4.78 is 52.4. The largest absolute Gasteiger partial charge is 0.310 e. The van der Waals surface area contributed by atoms with Crippen LogP contribution in [0, 0.1) is 20.8 Å². The highest BCUT2D eigenvalue weighted by atomic mass is 32.2. The van der Waals surface area contributed by atoms with Crippen LogP contribution in [0.25, 0.3) is 0 Å². The van der Waals surface area contributed by atoms with Crippen LogP contribution >= 0.6 is 0 Å². The van der Waals surface area contributed by atoms with E-state index in [2.05, 4.69) is 0 Å². The number of anilines is 2. The van der Waals surface area contributed by atoms with E-state index in [1.165, 1.54) is 25.1 Å². The second-order valence-corrected chi connectivity index (χ2v) is 12.4. The Morgan fingerprint density at radius 2 is 1.59 bits per heavy atom. The third-order valence-electron chi connectivity index (χ3n) is 5.59. The van der Waals surface area contributed by atoms with Crippen molar-refractivity contribution in [3.8, 4) is 0 Å². The fraction of sp³-hybridized carbons (Fsp3) is 0.409. The highest BCUT2D eigenvalue weighted by molar-refractivity contribution is 7.92. The molecule has 0 bridgehead atoms. The first-order valence-corrected chi connectivity index (χ1v) is 13.4. The van der Waals surface area contributed by atoms with E-state index >= 15 is 0 Å². The zero-order valence-electron chi connectivity index (χ0n) is 19.2. The molecule has 0 radical (unpaired) electrons. The average Bonchev–Trinajstić information content (AvgIpc) is 3.08. The Morgan fingerprint density at radius 1 is 1.00 bits per heavy atom. The molecule has 1 aliphatic rings. The number of amides is 1. The maximum Gasteiger partial charge on any atom is 0.247 e. The molecule has 32 heavy (non-hydrogen) atoms. The number of sulfonamides is 2. The fourth-order valence-corrected chi connectivity index (χ4v) is 6.06. The van der Waals surface area contributed by atoms with Crippen LogP contribution in [0.15, 0.2) is 35.2 Å². The van der Waals surface area contributed by atoms with Gasteiger partial charge in [0.2, 0.25) is 26.0 Å². The van der Waals surface area contributed by atoms with Crippen LogP contribution in [0.2, 0.25) is 0 Å². The fourth-order valence-electron chi connectivity index (χ4n) is 4.14. The van der Waals surface area contributed by atoms with Gasteiger partial charge in [-0.05, 0) is 62.1 Å². The molecule has 2 aromatic carbocycles. The van der Waals surface area contributed by atoms with E-state index in [-0.39, 0.29) is 17.3 Å². The summed E-state index contributed by atoms with van der Waals surface area (Å²) in [7, 11) is -4.36. The van der Waals surface area contributed by atoms with E-state index in [4.69, 9.17) is 0 Å². The molecule has 8 nitrogen and oxygen atoms in total. The minimum atomic E-state index is -3.71. The van der Waals surface area contributed by atoms with Gasteiger partial charge in [0.05, 0.1) is 16.8 Å². The summed E-state index contributed by atoms with van der Waals surface area (Å²) in [5.74, 6) is -0.364. The normalized spacial score (nSPS) is 14.0. The van der Waals surface area contributed by atoms with Gasteiger partial charge in [-0.3, -0.25) is 9.10 Å². The summed E-state index contributed by atoms with van der Waals surface area (Å²) in [4.78, 5) is 14.9. The van der Waals surface area contributed by atoms with Gasteiger partial charge in [0, 0.05) is 26.3 Å². The quantitative estimate of drug-likeness (QED) is 0.633. The highest BCUT2D eigenvalue weighted by Crippen LogP contribution is 2.32. The van der Waals surface area contributed by atoms with Crippen molar-refractivity contribution in [3.63, 3.8) is 0 Å². The second-order valence-electron chi connectivity index (χ2n) is 8.39. The number of carbonyl (C=O) groups is 1. The SMILES string of the molecule is Cc1cc(C)c(N(CC(=O)N2CCc3cc(S(=O)(=O)N(C)C)ccc32)S(C)(=O)=O)c(C)c1. The summed E-state index contributed by atoms with van der Waals surface area (Å²) >= 11 is 0. The monoisotopic (exact) mass is 479 g/mol. The lowest BCUT2D eigenvalue weighted by Crippen LogP contribution is -2.42. The molecule has 0 fully saturated rings. The number of carbonyl (C=O) groups excluding carboxylic acids is 1. The van der Waals surface area contributed by atoms with Crippen LogP contribution in [-0.2, 0) is 31.3 Å². The molecular weight excluding hydrogens is 450 g/mol. The number of nitrogens with zero attached hydrogens (tertiary/aromatic N) is 3. The molecule has 1 heterocycles. The summed E-state index contributed by atoms with van der Waals surface area (Å²) in [5.41, 5.74) is 4.44. The Hall–Kier alpha value is -2.43. The van der Waals surface area contributed by atoms with E-state index in [0.29, 0.717) is 24.3 Å².